The molecule has 1 rings (SSSR count). The third kappa shape index (κ3) is 2.00. The van der Waals surface area contributed by atoms with E-state index in [1.165, 1.54) is 12.1 Å². The summed E-state index contributed by atoms with van der Waals surface area (Å²) >= 11 is 2.97. The first kappa shape index (κ1) is 7.56. The Morgan fingerprint density at radius 3 is 2.30 bits per heavy atom. The molecule has 0 heterocycles. The van der Waals surface area contributed by atoms with Gasteiger partial charge in [-0.25, -0.2) is 0 Å². The SMILES string of the molecule is Fc1ccc(C#[C][Ag])cc1. The molecule has 0 bridgehead atoms. The average Bonchev–Trinajstić information content (AvgIpc) is 1.95. The summed E-state index contributed by atoms with van der Waals surface area (Å²) in [6.45, 7) is 0. The second kappa shape index (κ2) is 3.58. The Hall–Kier alpha value is -0.550. The van der Waals surface area contributed by atoms with Gasteiger partial charge in [0, 0.05) is 0 Å². The van der Waals surface area contributed by atoms with E-state index in [9.17, 15) is 4.39 Å². The van der Waals surface area contributed by atoms with Crippen LogP contribution in [0.15, 0.2) is 24.3 Å². The van der Waals surface area contributed by atoms with Gasteiger partial charge in [0.15, 0.2) is 0 Å². The third-order valence-electron chi connectivity index (χ3n) is 1.03. The van der Waals surface area contributed by atoms with E-state index in [0.29, 0.717) is 0 Å². The molecule has 2 heteroatoms. The molecule has 0 saturated carbocycles. The van der Waals surface area contributed by atoms with Crippen LogP contribution >= 0.6 is 0 Å². The monoisotopic (exact) mass is 226 g/mol. The van der Waals surface area contributed by atoms with Crippen molar-refractivity contribution in [3.8, 4) is 10.1 Å². The van der Waals surface area contributed by atoms with Crippen LogP contribution in [0.1, 0.15) is 5.56 Å². The first-order chi connectivity index (χ1) is 4.83. The number of hydrogen-bond acceptors (Lipinski definition) is 0. The summed E-state index contributed by atoms with van der Waals surface area (Å²) in [5.74, 6) is 2.50. The van der Waals surface area contributed by atoms with E-state index in [-0.39, 0.29) is 5.82 Å². The third-order valence-corrected chi connectivity index (χ3v) is 1.21. The molecule has 0 aliphatic carbocycles. The molecule has 0 aliphatic heterocycles. The summed E-state index contributed by atoms with van der Waals surface area (Å²) in [5, 5.41) is 0. The van der Waals surface area contributed by atoms with Crippen LogP contribution in [0.3, 0.4) is 0 Å². The molecule has 0 amide bonds. The van der Waals surface area contributed by atoms with Gasteiger partial charge >= 0.3 is 71.2 Å². The first-order valence-electron chi connectivity index (χ1n) is 2.66. The molecular formula is C8H4AgF. The predicted molar refractivity (Wildman–Crippen MR) is 33.3 cm³/mol. The summed E-state index contributed by atoms with van der Waals surface area (Å²) < 4.78 is 14.8. The quantitative estimate of drug-likeness (QED) is 0.467. The second-order valence-electron chi connectivity index (χ2n) is 1.71. The van der Waals surface area contributed by atoms with Crippen molar-refractivity contribution in [3.05, 3.63) is 35.6 Å². The summed E-state index contributed by atoms with van der Waals surface area (Å²) in [5.41, 5.74) is 0.803. The Labute approximate surface area is 71.4 Å². The average molecular weight is 227 g/mol. The van der Waals surface area contributed by atoms with Crippen LogP contribution < -0.4 is 0 Å². The maximum atomic E-state index is 12.3. The number of halogens is 1. The van der Waals surface area contributed by atoms with Gasteiger partial charge in [-0.15, -0.1) is 0 Å². The Morgan fingerprint density at radius 1 is 1.20 bits per heavy atom. The fraction of sp³-hybridized carbons (Fsp3) is 0. The summed E-state index contributed by atoms with van der Waals surface area (Å²) in [7, 11) is 0. The molecule has 10 heavy (non-hydrogen) atoms. The van der Waals surface area contributed by atoms with Crippen molar-refractivity contribution in [1.29, 1.82) is 0 Å². The molecule has 0 aliphatic rings. The van der Waals surface area contributed by atoms with Crippen molar-refractivity contribution < 1.29 is 25.5 Å². The zero-order valence-corrected chi connectivity index (χ0v) is 6.47. The molecule has 1 aromatic rings. The van der Waals surface area contributed by atoms with Crippen LogP contribution in [0, 0.1) is 15.9 Å². The van der Waals surface area contributed by atoms with E-state index in [0.717, 1.165) is 5.56 Å². The number of benzene rings is 1. The molecule has 0 aromatic heterocycles. The van der Waals surface area contributed by atoms with Crippen LogP contribution in [-0.4, -0.2) is 0 Å². The van der Waals surface area contributed by atoms with Crippen LogP contribution in [-0.2, 0) is 21.1 Å². The van der Waals surface area contributed by atoms with Crippen molar-refractivity contribution in [2.24, 2.45) is 0 Å². The fourth-order valence-electron chi connectivity index (χ4n) is 0.577. The second-order valence-corrected chi connectivity index (χ2v) is 2.08. The topological polar surface area (TPSA) is 0 Å². The van der Waals surface area contributed by atoms with E-state index in [1.54, 1.807) is 12.1 Å². The standard InChI is InChI=1S/C8H4F.Ag/c1-2-7-3-5-8(9)6-4-7;/h3-6H;. The van der Waals surface area contributed by atoms with Crippen molar-refractivity contribution in [2.75, 3.05) is 0 Å². The van der Waals surface area contributed by atoms with Gasteiger partial charge in [0.25, 0.3) is 0 Å². The van der Waals surface area contributed by atoms with Crippen LogP contribution in [0.2, 0.25) is 0 Å². The van der Waals surface area contributed by atoms with Crippen molar-refractivity contribution in [2.45, 2.75) is 0 Å². The molecular weight excluding hydrogens is 223 g/mol. The van der Waals surface area contributed by atoms with E-state index in [2.05, 4.69) is 31.1 Å². The zero-order valence-electron chi connectivity index (χ0n) is 4.99. The van der Waals surface area contributed by atoms with Gasteiger partial charge in [-0.05, 0) is 0 Å². The van der Waals surface area contributed by atoms with Gasteiger partial charge in [-0.1, -0.05) is 0 Å². The molecule has 0 fully saturated rings. The van der Waals surface area contributed by atoms with Crippen LogP contribution in [0.5, 0.6) is 0 Å². The van der Waals surface area contributed by atoms with Gasteiger partial charge in [-0.2, -0.15) is 0 Å². The molecule has 54 valence electrons. The molecule has 0 N–H and O–H groups in total. The molecule has 1 aromatic carbocycles. The molecule has 0 atom stereocenters. The van der Waals surface area contributed by atoms with E-state index in [4.69, 9.17) is 0 Å². The number of hydrogen-bond donors (Lipinski definition) is 0. The van der Waals surface area contributed by atoms with Crippen molar-refractivity contribution in [3.63, 3.8) is 0 Å². The molecule has 0 spiro atoms. The summed E-state index contributed by atoms with van der Waals surface area (Å²) in [6, 6.07) is 6.02. The van der Waals surface area contributed by atoms with Crippen LogP contribution in [0.25, 0.3) is 0 Å². The minimum atomic E-state index is -0.236. The number of rotatable bonds is 0. The summed E-state index contributed by atoms with van der Waals surface area (Å²) in [4.78, 5) is 0. The van der Waals surface area contributed by atoms with Gasteiger partial charge < -0.3 is 0 Å². The zero-order chi connectivity index (χ0) is 7.40. The first-order valence-corrected chi connectivity index (χ1v) is 3.40. The van der Waals surface area contributed by atoms with Gasteiger partial charge in [0.2, 0.25) is 0 Å². The normalized spacial score (nSPS) is 8.30. The Morgan fingerprint density at radius 2 is 1.80 bits per heavy atom. The Balaban J connectivity index is 2.97. The minimum absolute atomic E-state index is 0.236. The fourth-order valence-corrected chi connectivity index (χ4v) is 0.791. The van der Waals surface area contributed by atoms with Crippen molar-refractivity contribution >= 4 is 0 Å². The molecule has 0 radical (unpaired) electrons. The molecule has 0 unspecified atom stereocenters. The van der Waals surface area contributed by atoms with Crippen molar-refractivity contribution in [1.82, 2.24) is 0 Å². The maximum absolute atomic E-state index is 12.3. The Kier molecular flexibility index (Phi) is 2.70. The Bertz CT molecular complexity index is 266. The summed E-state index contributed by atoms with van der Waals surface area (Å²) in [6.07, 6.45) is 0. The van der Waals surface area contributed by atoms with E-state index in [1.807, 2.05) is 0 Å². The predicted octanol–water partition coefficient (Wildman–Crippen LogP) is 1.68. The van der Waals surface area contributed by atoms with E-state index >= 15 is 0 Å². The van der Waals surface area contributed by atoms with Gasteiger partial charge in [0.1, 0.15) is 0 Å². The molecule has 0 nitrogen and oxygen atoms in total. The van der Waals surface area contributed by atoms with Gasteiger partial charge in [0.05, 0.1) is 0 Å². The van der Waals surface area contributed by atoms with Gasteiger partial charge in [-0.3, -0.25) is 0 Å². The molecule has 0 saturated heterocycles. The van der Waals surface area contributed by atoms with Crippen LogP contribution in [0.4, 0.5) is 4.39 Å². The van der Waals surface area contributed by atoms with E-state index < -0.39 is 0 Å².